The standard InChI is InChI=1S/C15H20N4O2/c16-13(20)12-2-1-11(9-18-12)14(21)19-7-4-15(5-8-19)3-6-17-10-15/h1-2,9,17H,3-8,10H2,(H2,16,20). The Labute approximate surface area is 123 Å². The van der Waals surface area contributed by atoms with Gasteiger partial charge in [0.25, 0.3) is 11.8 Å². The van der Waals surface area contributed by atoms with Crippen molar-refractivity contribution >= 4 is 11.8 Å². The number of primary amides is 1. The lowest BCUT2D eigenvalue weighted by Gasteiger charge is -2.38. The largest absolute Gasteiger partial charge is 0.364 e. The van der Waals surface area contributed by atoms with Gasteiger partial charge >= 0.3 is 0 Å². The maximum atomic E-state index is 12.4. The summed E-state index contributed by atoms with van der Waals surface area (Å²) >= 11 is 0. The molecule has 2 amide bonds. The number of aromatic nitrogens is 1. The molecule has 0 saturated carbocycles. The SMILES string of the molecule is NC(=O)c1ccc(C(=O)N2CCC3(CCNC3)CC2)cn1. The first kappa shape index (κ1) is 14.0. The summed E-state index contributed by atoms with van der Waals surface area (Å²) in [5.74, 6) is -0.595. The number of hydrogen-bond donors (Lipinski definition) is 2. The smallest absolute Gasteiger partial charge is 0.267 e. The fraction of sp³-hybridized carbons (Fsp3) is 0.533. The van der Waals surface area contributed by atoms with Crippen LogP contribution in [0.15, 0.2) is 18.3 Å². The molecule has 2 fully saturated rings. The molecule has 21 heavy (non-hydrogen) atoms. The van der Waals surface area contributed by atoms with Crippen molar-refractivity contribution in [3.8, 4) is 0 Å². The fourth-order valence-corrected chi connectivity index (χ4v) is 3.26. The molecule has 6 heteroatoms. The Morgan fingerprint density at radius 1 is 1.24 bits per heavy atom. The molecule has 112 valence electrons. The van der Waals surface area contributed by atoms with Gasteiger partial charge in [-0.2, -0.15) is 0 Å². The number of piperidine rings is 1. The molecular formula is C15H20N4O2. The van der Waals surface area contributed by atoms with Gasteiger partial charge < -0.3 is 16.0 Å². The van der Waals surface area contributed by atoms with E-state index in [1.54, 1.807) is 6.07 Å². The first-order valence-corrected chi connectivity index (χ1v) is 7.36. The number of pyridine rings is 1. The van der Waals surface area contributed by atoms with Crippen LogP contribution in [-0.2, 0) is 0 Å². The maximum absolute atomic E-state index is 12.4. The van der Waals surface area contributed by atoms with Crippen molar-refractivity contribution in [1.82, 2.24) is 15.2 Å². The molecule has 1 aromatic rings. The molecule has 0 radical (unpaired) electrons. The maximum Gasteiger partial charge on any atom is 0.267 e. The van der Waals surface area contributed by atoms with E-state index >= 15 is 0 Å². The van der Waals surface area contributed by atoms with Gasteiger partial charge in [0.2, 0.25) is 0 Å². The van der Waals surface area contributed by atoms with Crippen molar-refractivity contribution < 1.29 is 9.59 Å². The third-order valence-corrected chi connectivity index (χ3v) is 4.71. The number of likely N-dealkylation sites (tertiary alicyclic amines) is 1. The number of nitrogens with two attached hydrogens (primary N) is 1. The van der Waals surface area contributed by atoms with E-state index in [0.717, 1.165) is 39.0 Å². The highest BCUT2D eigenvalue weighted by Crippen LogP contribution is 2.37. The Balaban J connectivity index is 1.64. The second kappa shape index (κ2) is 5.44. The van der Waals surface area contributed by atoms with Crippen LogP contribution in [0.4, 0.5) is 0 Å². The first-order chi connectivity index (χ1) is 10.1. The van der Waals surface area contributed by atoms with E-state index in [-0.39, 0.29) is 11.6 Å². The monoisotopic (exact) mass is 288 g/mol. The Hall–Kier alpha value is -1.95. The number of carbonyl (C=O) groups is 2. The summed E-state index contributed by atoms with van der Waals surface area (Å²) in [5.41, 5.74) is 6.24. The summed E-state index contributed by atoms with van der Waals surface area (Å²) in [5, 5.41) is 3.42. The van der Waals surface area contributed by atoms with Crippen LogP contribution in [-0.4, -0.2) is 47.9 Å². The van der Waals surface area contributed by atoms with E-state index in [4.69, 9.17) is 5.73 Å². The van der Waals surface area contributed by atoms with Crippen LogP contribution in [0.2, 0.25) is 0 Å². The highest BCUT2D eigenvalue weighted by atomic mass is 16.2. The molecule has 3 N–H and O–H groups in total. The van der Waals surface area contributed by atoms with Crippen LogP contribution in [0.25, 0.3) is 0 Å². The molecule has 2 aliphatic rings. The lowest BCUT2D eigenvalue weighted by Crippen LogP contribution is -2.44. The molecule has 3 rings (SSSR count). The molecular weight excluding hydrogens is 268 g/mol. The third kappa shape index (κ3) is 2.76. The van der Waals surface area contributed by atoms with Gasteiger partial charge in [-0.15, -0.1) is 0 Å². The summed E-state index contributed by atoms with van der Waals surface area (Å²) in [6.45, 7) is 3.74. The van der Waals surface area contributed by atoms with Gasteiger partial charge in [0.05, 0.1) is 5.56 Å². The lowest BCUT2D eigenvalue weighted by molar-refractivity contribution is 0.0607. The van der Waals surface area contributed by atoms with E-state index in [1.807, 2.05) is 4.90 Å². The molecule has 0 aliphatic carbocycles. The van der Waals surface area contributed by atoms with Gasteiger partial charge in [0.1, 0.15) is 5.69 Å². The average Bonchev–Trinajstić information content (AvgIpc) is 2.96. The van der Waals surface area contributed by atoms with Crippen molar-refractivity contribution in [3.63, 3.8) is 0 Å². The summed E-state index contributed by atoms with van der Waals surface area (Å²) in [7, 11) is 0. The van der Waals surface area contributed by atoms with E-state index in [1.165, 1.54) is 18.7 Å². The van der Waals surface area contributed by atoms with E-state index < -0.39 is 5.91 Å². The van der Waals surface area contributed by atoms with Crippen LogP contribution in [0.3, 0.4) is 0 Å². The van der Waals surface area contributed by atoms with Gasteiger partial charge in [0, 0.05) is 25.8 Å². The highest BCUT2D eigenvalue weighted by molar-refractivity contribution is 5.95. The zero-order chi connectivity index (χ0) is 14.9. The molecule has 1 spiro atoms. The summed E-state index contributed by atoms with van der Waals surface area (Å²) in [6, 6.07) is 3.12. The Kier molecular flexibility index (Phi) is 3.63. The quantitative estimate of drug-likeness (QED) is 0.824. The van der Waals surface area contributed by atoms with Crippen molar-refractivity contribution in [2.45, 2.75) is 19.3 Å². The van der Waals surface area contributed by atoms with Crippen LogP contribution in [0.5, 0.6) is 0 Å². The number of carbonyl (C=O) groups excluding carboxylic acids is 2. The molecule has 0 atom stereocenters. The minimum absolute atomic E-state index is 0.0145. The van der Waals surface area contributed by atoms with Crippen LogP contribution < -0.4 is 11.1 Å². The van der Waals surface area contributed by atoms with Crippen molar-refractivity contribution in [1.29, 1.82) is 0 Å². The van der Waals surface area contributed by atoms with Crippen LogP contribution >= 0.6 is 0 Å². The fourth-order valence-electron chi connectivity index (χ4n) is 3.26. The van der Waals surface area contributed by atoms with Gasteiger partial charge in [-0.25, -0.2) is 0 Å². The number of nitrogens with zero attached hydrogens (tertiary/aromatic N) is 2. The number of nitrogens with one attached hydrogen (secondary N) is 1. The molecule has 0 unspecified atom stereocenters. The predicted molar refractivity (Wildman–Crippen MR) is 77.8 cm³/mol. The number of amides is 2. The minimum atomic E-state index is -0.581. The second-order valence-corrected chi connectivity index (χ2v) is 6.02. The van der Waals surface area contributed by atoms with Gasteiger partial charge in [-0.05, 0) is 43.4 Å². The molecule has 6 nitrogen and oxygen atoms in total. The van der Waals surface area contributed by atoms with E-state index in [9.17, 15) is 9.59 Å². The zero-order valence-electron chi connectivity index (χ0n) is 12.0. The summed E-state index contributed by atoms with van der Waals surface area (Å²) < 4.78 is 0. The Morgan fingerprint density at radius 3 is 2.52 bits per heavy atom. The van der Waals surface area contributed by atoms with Crippen molar-refractivity contribution in [3.05, 3.63) is 29.6 Å². The molecule has 2 aliphatic heterocycles. The molecule has 0 aromatic carbocycles. The topological polar surface area (TPSA) is 88.3 Å². The van der Waals surface area contributed by atoms with Crippen molar-refractivity contribution in [2.24, 2.45) is 11.1 Å². The second-order valence-electron chi connectivity index (χ2n) is 6.02. The van der Waals surface area contributed by atoms with Crippen LogP contribution in [0.1, 0.15) is 40.1 Å². The first-order valence-electron chi connectivity index (χ1n) is 7.36. The van der Waals surface area contributed by atoms with Crippen LogP contribution in [0, 0.1) is 5.41 Å². The minimum Gasteiger partial charge on any atom is -0.364 e. The van der Waals surface area contributed by atoms with E-state index in [2.05, 4.69) is 10.3 Å². The normalized spacial score (nSPS) is 20.7. The Bertz CT molecular complexity index is 539. The molecule has 2 saturated heterocycles. The number of hydrogen-bond acceptors (Lipinski definition) is 4. The van der Waals surface area contributed by atoms with Gasteiger partial charge in [0.15, 0.2) is 0 Å². The van der Waals surface area contributed by atoms with Crippen molar-refractivity contribution in [2.75, 3.05) is 26.2 Å². The average molecular weight is 288 g/mol. The molecule has 0 bridgehead atoms. The van der Waals surface area contributed by atoms with Gasteiger partial charge in [-0.3, -0.25) is 14.6 Å². The van der Waals surface area contributed by atoms with Gasteiger partial charge in [-0.1, -0.05) is 0 Å². The highest BCUT2D eigenvalue weighted by Gasteiger charge is 2.38. The molecule has 3 heterocycles. The third-order valence-electron chi connectivity index (χ3n) is 4.71. The Morgan fingerprint density at radius 2 is 2.00 bits per heavy atom. The summed E-state index contributed by atoms with van der Waals surface area (Å²) in [6.07, 6.45) is 4.75. The lowest BCUT2D eigenvalue weighted by atomic mass is 9.78. The molecule has 1 aromatic heterocycles. The zero-order valence-corrected chi connectivity index (χ0v) is 12.0. The summed E-state index contributed by atoms with van der Waals surface area (Å²) in [4.78, 5) is 29.2. The number of rotatable bonds is 2. The predicted octanol–water partition coefficient (Wildman–Crippen LogP) is 0.396. The van der Waals surface area contributed by atoms with E-state index in [0.29, 0.717) is 11.0 Å².